The largest absolute Gasteiger partial charge is 0.354 e. The SMILES string of the molecule is CC1CN=C(CC#N)N1CCC#N. The molecule has 1 aliphatic rings. The lowest BCUT2D eigenvalue weighted by molar-refractivity contribution is 0.367. The van der Waals surface area contributed by atoms with Crippen LogP contribution in [0.5, 0.6) is 0 Å². The standard InChI is InChI=1S/C9H12N4/c1-8-7-12-9(3-5-11)13(8)6-2-4-10/h8H,2-3,6-7H2,1H3. The highest BCUT2D eigenvalue weighted by Crippen LogP contribution is 2.12. The van der Waals surface area contributed by atoms with E-state index in [0.29, 0.717) is 25.4 Å². The maximum Gasteiger partial charge on any atom is 0.114 e. The molecule has 0 amide bonds. The lowest BCUT2D eigenvalue weighted by Gasteiger charge is -2.23. The molecule has 1 unspecified atom stereocenters. The van der Waals surface area contributed by atoms with Crippen molar-refractivity contribution in [3.8, 4) is 12.1 Å². The van der Waals surface area contributed by atoms with Crippen molar-refractivity contribution >= 4 is 5.84 Å². The van der Waals surface area contributed by atoms with Gasteiger partial charge in [0, 0.05) is 12.6 Å². The van der Waals surface area contributed by atoms with E-state index in [2.05, 4.69) is 24.1 Å². The highest BCUT2D eigenvalue weighted by atomic mass is 15.3. The quantitative estimate of drug-likeness (QED) is 0.642. The van der Waals surface area contributed by atoms with E-state index in [9.17, 15) is 0 Å². The number of nitriles is 2. The zero-order chi connectivity index (χ0) is 9.68. The fourth-order valence-corrected chi connectivity index (χ4v) is 1.43. The Bertz CT molecular complexity index is 281. The van der Waals surface area contributed by atoms with E-state index >= 15 is 0 Å². The van der Waals surface area contributed by atoms with Gasteiger partial charge in [0.15, 0.2) is 0 Å². The zero-order valence-electron chi connectivity index (χ0n) is 7.69. The Morgan fingerprint density at radius 3 is 2.92 bits per heavy atom. The fourth-order valence-electron chi connectivity index (χ4n) is 1.43. The Labute approximate surface area is 78.1 Å². The minimum atomic E-state index is 0.344. The van der Waals surface area contributed by atoms with Crippen LogP contribution in [0.1, 0.15) is 19.8 Å². The monoisotopic (exact) mass is 176 g/mol. The van der Waals surface area contributed by atoms with Crippen LogP contribution >= 0.6 is 0 Å². The van der Waals surface area contributed by atoms with Gasteiger partial charge < -0.3 is 4.90 Å². The van der Waals surface area contributed by atoms with Crippen molar-refractivity contribution < 1.29 is 0 Å². The van der Waals surface area contributed by atoms with E-state index in [-0.39, 0.29) is 0 Å². The molecule has 68 valence electrons. The second-order valence-corrected chi connectivity index (χ2v) is 3.04. The van der Waals surface area contributed by atoms with Gasteiger partial charge in [-0.2, -0.15) is 10.5 Å². The lowest BCUT2D eigenvalue weighted by Crippen LogP contribution is -2.35. The van der Waals surface area contributed by atoms with Crippen LogP contribution in [0.4, 0.5) is 0 Å². The number of amidine groups is 1. The summed E-state index contributed by atoms with van der Waals surface area (Å²) in [6, 6.07) is 4.52. The molecule has 0 aromatic rings. The minimum absolute atomic E-state index is 0.344. The van der Waals surface area contributed by atoms with E-state index in [1.165, 1.54) is 0 Å². The maximum atomic E-state index is 8.53. The molecule has 0 fully saturated rings. The van der Waals surface area contributed by atoms with Crippen molar-refractivity contribution in [3.63, 3.8) is 0 Å². The summed E-state index contributed by atoms with van der Waals surface area (Å²) in [4.78, 5) is 6.30. The predicted octanol–water partition coefficient (Wildman–Crippen LogP) is 0.916. The molecule has 0 saturated heterocycles. The van der Waals surface area contributed by atoms with E-state index < -0.39 is 0 Å². The van der Waals surface area contributed by atoms with Gasteiger partial charge in [-0.25, -0.2) is 0 Å². The van der Waals surface area contributed by atoms with Crippen LogP contribution in [0, 0.1) is 22.7 Å². The van der Waals surface area contributed by atoms with Gasteiger partial charge in [0.2, 0.25) is 0 Å². The van der Waals surface area contributed by atoms with Crippen LogP contribution in [0.3, 0.4) is 0 Å². The number of nitrogens with zero attached hydrogens (tertiary/aromatic N) is 4. The number of rotatable bonds is 3. The molecule has 1 atom stereocenters. The van der Waals surface area contributed by atoms with E-state index in [0.717, 1.165) is 12.4 Å². The van der Waals surface area contributed by atoms with Gasteiger partial charge >= 0.3 is 0 Å². The molecule has 4 nitrogen and oxygen atoms in total. The molecule has 4 heteroatoms. The van der Waals surface area contributed by atoms with Gasteiger partial charge in [0.05, 0.1) is 31.5 Å². The summed E-state index contributed by atoms with van der Waals surface area (Å²) >= 11 is 0. The van der Waals surface area contributed by atoms with Gasteiger partial charge in [0.25, 0.3) is 0 Å². The first-order valence-corrected chi connectivity index (χ1v) is 4.33. The number of hydrogen-bond donors (Lipinski definition) is 0. The molecule has 1 heterocycles. The summed E-state index contributed by atoms with van der Waals surface area (Å²) in [6.07, 6.45) is 0.852. The van der Waals surface area contributed by atoms with Crippen LogP contribution < -0.4 is 0 Å². The molecule has 0 aliphatic carbocycles. The molecule has 0 aromatic heterocycles. The van der Waals surface area contributed by atoms with E-state index in [1.54, 1.807) is 0 Å². The normalized spacial score (nSPS) is 20.7. The third-order valence-corrected chi connectivity index (χ3v) is 2.10. The molecule has 0 spiro atoms. The molecule has 1 aliphatic heterocycles. The van der Waals surface area contributed by atoms with Gasteiger partial charge in [-0.15, -0.1) is 0 Å². The maximum absolute atomic E-state index is 8.53. The average molecular weight is 176 g/mol. The van der Waals surface area contributed by atoms with Crippen LogP contribution in [-0.4, -0.2) is 29.9 Å². The summed E-state index contributed by atoms with van der Waals surface area (Å²) in [5.74, 6) is 0.838. The highest BCUT2D eigenvalue weighted by molar-refractivity contribution is 5.85. The van der Waals surface area contributed by atoms with Crippen LogP contribution in [0.25, 0.3) is 0 Å². The van der Waals surface area contributed by atoms with Crippen molar-refractivity contribution in [2.45, 2.75) is 25.8 Å². The van der Waals surface area contributed by atoms with Gasteiger partial charge in [-0.1, -0.05) is 0 Å². The molecular formula is C9H12N4. The molecule has 0 saturated carbocycles. The van der Waals surface area contributed by atoms with Crippen molar-refractivity contribution in [1.82, 2.24) is 4.90 Å². The van der Waals surface area contributed by atoms with Gasteiger partial charge in [-0.05, 0) is 6.92 Å². The van der Waals surface area contributed by atoms with Crippen LogP contribution in [0.2, 0.25) is 0 Å². The molecule has 0 bridgehead atoms. The minimum Gasteiger partial charge on any atom is -0.354 e. The Morgan fingerprint density at radius 2 is 2.31 bits per heavy atom. The first kappa shape index (κ1) is 9.54. The van der Waals surface area contributed by atoms with Gasteiger partial charge in [0.1, 0.15) is 5.84 Å². The average Bonchev–Trinajstić information content (AvgIpc) is 2.45. The Morgan fingerprint density at radius 1 is 1.54 bits per heavy atom. The summed E-state index contributed by atoms with van der Waals surface area (Å²) in [5, 5.41) is 17.0. The number of aliphatic imine (C=N–C) groups is 1. The Hall–Kier alpha value is -1.55. The smallest absolute Gasteiger partial charge is 0.114 e. The Balaban J connectivity index is 2.54. The first-order valence-electron chi connectivity index (χ1n) is 4.33. The predicted molar refractivity (Wildman–Crippen MR) is 48.9 cm³/mol. The van der Waals surface area contributed by atoms with Crippen LogP contribution in [-0.2, 0) is 0 Å². The number of hydrogen-bond acceptors (Lipinski definition) is 4. The van der Waals surface area contributed by atoms with Crippen molar-refractivity contribution in [2.24, 2.45) is 4.99 Å². The topological polar surface area (TPSA) is 63.2 Å². The summed E-state index contributed by atoms with van der Waals surface area (Å²) in [7, 11) is 0. The highest BCUT2D eigenvalue weighted by Gasteiger charge is 2.22. The molecule has 13 heavy (non-hydrogen) atoms. The zero-order valence-corrected chi connectivity index (χ0v) is 7.69. The fraction of sp³-hybridized carbons (Fsp3) is 0.667. The van der Waals surface area contributed by atoms with Crippen molar-refractivity contribution in [3.05, 3.63) is 0 Å². The summed E-state index contributed by atoms with van der Waals surface area (Å²) in [5.41, 5.74) is 0. The lowest BCUT2D eigenvalue weighted by atomic mass is 10.2. The molecule has 1 rings (SSSR count). The van der Waals surface area contributed by atoms with Gasteiger partial charge in [-0.3, -0.25) is 4.99 Å². The summed E-state index contributed by atoms with van der Waals surface area (Å²) in [6.45, 7) is 3.51. The molecule has 0 radical (unpaired) electrons. The first-order chi connectivity index (χ1) is 6.29. The third kappa shape index (κ3) is 2.19. The second-order valence-electron chi connectivity index (χ2n) is 3.04. The van der Waals surface area contributed by atoms with Crippen LogP contribution in [0.15, 0.2) is 4.99 Å². The van der Waals surface area contributed by atoms with E-state index in [4.69, 9.17) is 10.5 Å². The Kier molecular flexibility index (Phi) is 3.28. The summed E-state index contributed by atoms with van der Waals surface area (Å²) < 4.78 is 0. The van der Waals surface area contributed by atoms with Crippen molar-refractivity contribution in [2.75, 3.05) is 13.1 Å². The van der Waals surface area contributed by atoms with Crippen molar-refractivity contribution in [1.29, 1.82) is 10.5 Å². The molecule has 0 N–H and O–H groups in total. The van der Waals surface area contributed by atoms with E-state index in [1.807, 2.05) is 4.90 Å². The molecule has 0 aromatic carbocycles. The third-order valence-electron chi connectivity index (χ3n) is 2.10. The second kappa shape index (κ2) is 4.47. The molecular weight excluding hydrogens is 164 g/mol.